The molecule has 8 heteroatoms. The number of benzene rings is 3. The first kappa shape index (κ1) is 30.6. The minimum absolute atomic E-state index is 0.0583. The van der Waals surface area contributed by atoms with Crippen LogP contribution in [-0.4, -0.2) is 54.3 Å². The lowest BCUT2D eigenvalue weighted by Crippen LogP contribution is -2.49. The highest BCUT2D eigenvalue weighted by Crippen LogP contribution is 2.27. The van der Waals surface area contributed by atoms with Crippen molar-refractivity contribution in [2.75, 3.05) is 26.2 Å². The number of ether oxygens (including phenoxy) is 1. The summed E-state index contributed by atoms with van der Waals surface area (Å²) in [6.07, 6.45) is 2.10. The van der Waals surface area contributed by atoms with Crippen LogP contribution in [0.1, 0.15) is 59.3 Å². The highest BCUT2D eigenvalue weighted by molar-refractivity contribution is 5.96. The summed E-state index contributed by atoms with van der Waals surface area (Å²) in [5.41, 5.74) is 3.94. The van der Waals surface area contributed by atoms with Crippen molar-refractivity contribution in [3.63, 3.8) is 0 Å². The lowest BCUT2D eigenvalue weighted by atomic mass is 9.99. The second-order valence-electron chi connectivity index (χ2n) is 10.7. The minimum atomic E-state index is -1.01. The van der Waals surface area contributed by atoms with E-state index in [0.717, 1.165) is 49.5 Å². The van der Waals surface area contributed by atoms with Gasteiger partial charge in [-0.05, 0) is 66.8 Å². The average Bonchev–Trinajstić information content (AvgIpc) is 3.17. The molecule has 3 N–H and O–H groups in total. The zero-order chi connectivity index (χ0) is 29.2. The van der Waals surface area contributed by atoms with E-state index in [4.69, 9.17) is 4.74 Å². The molecule has 0 aliphatic carbocycles. The number of nitrogens with zero attached hydrogens (tertiary/aromatic N) is 1. The summed E-state index contributed by atoms with van der Waals surface area (Å²) in [7, 11) is 0. The van der Waals surface area contributed by atoms with Gasteiger partial charge in [0.2, 0.25) is 0 Å². The van der Waals surface area contributed by atoms with Crippen molar-refractivity contribution in [2.24, 2.45) is 0 Å². The molecule has 1 amide bonds. The molecule has 0 radical (unpaired) electrons. The molecule has 0 aromatic heterocycles. The summed E-state index contributed by atoms with van der Waals surface area (Å²) >= 11 is 0. The molecule has 0 spiro atoms. The third-order valence-electron chi connectivity index (χ3n) is 7.49. The average molecular weight is 566 g/mol. The molecule has 1 heterocycles. The van der Waals surface area contributed by atoms with Gasteiger partial charge in [0, 0.05) is 43.4 Å². The summed E-state index contributed by atoms with van der Waals surface area (Å²) in [4.78, 5) is 16.0. The maximum atomic E-state index is 14.0. The molecule has 0 fully saturated rings. The summed E-state index contributed by atoms with van der Waals surface area (Å²) in [5.74, 6) is -1.09. The topological polar surface area (TPSA) is 73.8 Å². The lowest BCUT2D eigenvalue weighted by molar-refractivity contribution is 0.0828. The quantitative estimate of drug-likeness (QED) is 0.272. The van der Waals surface area contributed by atoms with E-state index >= 15 is 0 Å². The number of aliphatic hydroxyl groups excluding tert-OH is 1. The molecule has 1 aliphatic heterocycles. The molecule has 0 bridgehead atoms. The van der Waals surface area contributed by atoms with Gasteiger partial charge in [0.1, 0.15) is 24.0 Å². The first-order valence-corrected chi connectivity index (χ1v) is 14.6. The number of rotatable bonds is 13. The van der Waals surface area contributed by atoms with Gasteiger partial charge in [-0.3, -0.25) is 9.69 Å². The van der Waals surface area contributed by atoms with Crippen molar-refractivity contribution in [1.82, 2.24) is 15.5 Å². The first-order chi connectivity index (χ1) is 19.9. The zero-order valence-corrected chi connectivity index (χ0v) is 24.0. The van der Waals surface area contributed by atoms with Crippen LogP contribution in [0, 0.1) is 11.6 Å². The third-order valence-corrected chi connectivity index (χ3v) is 7.49. The van der Waals surface area contributed by atoms with Gasteiger partial charge in [0.25, 0.3) is 5.91 Å². The Hall–Kier alpha value is -3.33. The number of aliphatic hydroxyl groups is 1. The number of fused-ring (bicyclic) bond motifs is 1. The van der Waals surface area contributed by atoms with Crippen LogP contribution in [0.15, 0.2) is 60.7 Å². The Morgan fingerprint density at radius 1 is 1.02 bits per heavy atom. The van der Waals surface area contributed by atoms with Crippen molar-refractivity contribution in [1.29, 1.82) is 0 Å². The van der Waals surface area contributed by atoms with E-state index in [1.807, 2.05) is 18.2 Å². The second kappa shape index (κ2) is 15.1. The van der Waals surface area contributed by atoms with Gasteiger partial charge in [-0.15, -0.1) is 0 Å². The molecule has 1 aliphatic rings. The smallest absolute Gasteiger partial charge is 0.252 e. The van der Waals surface area contributed by atoms with Crippen LogP contribution in [-0.2, 0) is 25.9 Å². The Labute approximate surface area is 241 Å². The van der Waals surface area contributed by atoms with Gasteiger partial charge >= 0.3 is 0 Å². The monoisotopic (exact) mass is 565 g/mol. The maximum Gasteiger partial charge on any atom is 0.252 e. The van der Waals surface area contributed by atoms with Crippen LogP contribution < -0.4 is 15.4 Å². The molecule has 41 heavy (non-hydrogen) atoms. The standard InChI is InChI=1S/C33H41F2N3O3/c1-3-5-12-38-13-14-41-32-11-7-10-28(29(32)22-38)33(40)37-30(18-25-16-26(34)19-27(35)17-25)31(39)21-36-20-24-9-6-8-23(4-2)15-24/h6-11,15-17,19,30-31,36,39H,3-5,12-14,18,20-22H2,1-2H3,(H,37,40)/t30-,31+/m0/s1. The molecule has 4 rings (SSSR count). The Morgan fingerprint density at radius 2 is 1.78 bits per heavy atom. The normalized spacial score (nSPS) is 15.0. The fraction of sp³-hybridized carbons (Fsp3) is 0.424. The van der Waals surface area contributed by atoms with Crippen molar-refractivity contribution >= 4 is 5.91 Å². The molecule has 220 valence electrons. The summed E-state index contributed by atoms with van der Waals surface area (Å²) < 4.78 is 34.0. The predicted molar refractivity (Wildman–Crippen MR) is 157 cm³/mol. The number of carbonyl (C=O) groups is 1. The summed E-state index contributed by atoms with van der Waals surface area (Å²) in [5, 5.41) is 17.4. The van der Waals surface area contributed by atoms with Gasteiger partial charge in [-0.2, -0.15) is 0 Å². The van der Waals surface area contributed by atoms with E-state index in [1.54, 1.807) is 12.1 Å². The number of unbranched alkanes of at least 4 members (excludes halogenated alkanes) is 1. The van der Waals surface area contributed by atoms with Crippen molar-refractivity contribution < 1.29 is 23.4 Å². The van der Waals surface area contributed by atoms with Gasteiger partial charge in [0.15, 0.2) is 0 Å². The molecule has 3 aromatic carbocycles. The Morgan fingerprint density at radius 3 is 2.54 bits per heavy atom. The molecular formula is C33H41F2N3O3. The summed E-state index contributed by atoms with van der Waals surface area (Å²) in [6.45, 7) is 7.77. The number of nitrogens with one attached hydrogen (secondary N) is 2. The van der Waals surface area contributed by atoms with Crippen LogP contribution >= 0.6 is 0 Å². The Balaban J connectivity index is 1.51. The van der Waals surface area contributed by atoms with E-state index in [-0.39, 0.29) is 18.9 Å². The van der Waals surface area contributed by atoms with E-state index in [1.165, 1.54) is 17.7 Å². The van der Waals surface area contributed by atoms with Gasteiger partial charge < -0.3 is 20.5 Å². The molecule has 0 saturated carbocycles. The zero-order valence-electron chi connectivity index (χ0n) is 24.0. The second-order valence-corrected chi connectivity index (χ2v) is 10.7. The molecule has 2 atom stereocenters. The van der Waals surface area contributed by atoms with E-state index < -0.39 is 23.8 Å². The molecule has 6 nitrogen and oxygen atoms in total. The van der Waals surface area contributed by atoms with Crippen LogP contribution in [0.25, 0.3) is 0 Å². The molecule has 0 unspecified atom stereocenters. The fourth-order valence-corrected chi connectivity index (χ4v) is 5.21. The number of halogens is 2. The third kappa shape index (κ3) is 8.83. The van der Waals surface area contributed by atoms with E-state index in [2.05, 4.69) is 41.5 Å². The number of amides is 1. The molecule has 0 saturated heterocycles. The van der Waals surface area contributed by atoms with E-state index in [9.17, 15) is 18.7 Å². The lowest BCUT2D eigenvalue weighted by Gasteiger charge is -2.26. The number of hydrogen-bond acceptors (Lipinski definition) is 5. The highest BCUT2D eigenvalue weighted by atomic mass is 19.1. The Kier molecular flexibility index (Phi) is 11.2. The van der Waals surface area contributed by atoms with Crippen LogP contribution in [0.3, 0.4) is 0 Å². The van der Waals surface area contributed by atoms with Gasteiger partial charge in [-0.25, -0.2) is 8.78 Å². The Bertz CT molecular complexity index is 1280. The van der Waals surface area contributed by atoms with Gasteiger partial charge in [-0.1, -0.05) is 50.6 Å². The maximum absolute atomic E-state index is 14.0. The number of hydrogen-bond donors (Lipinski definition) is 3. The predicted octanol–water partition coefficient (Wildman–Crippen LogP) is 5.01. The fourth-order valence-electron chi connectivity index (χ4n) is 5.21. The van der Waals surface area contributed by atoms with E-state index in [0.29, 0.717) is 36.6 Å². The first-order valence-electron chi connectivity index (χ1n) is 14.6. The van der Waals surface area contributed by atoms with Crippen LogP contribution in [0.5, 0.6) is 5.75 Å². The molecule has 3 aromatic rings. The van der Waals surface area contributed by atoms with Crippen molar-refractivity contribution in [3.8, 4) is 5.75 Å². The number of aryl methyl sites for hydroxylation is 1. The highest BCUT2D eigenvalue weighted by Gasteiger charge is 2.26. The van der Waals surface area contributed by atoms with Crippen LogP contribution in [0.4, 0.5) is 8.78 Å². The van der Waals surface area contributed by atoms with Crippen molar-refractivity contribution in [2.45, 2.75) is 64.8 Å². The largest absolute Gasteiger partial charge is 0.492 e. The summed E-state index contributed by atoms with van der Waals surface area (Å²) in [6, 6.07) is 16.1. The SMILES string of the molecule is CCCCN1CCOc2cccc(C(=O)N[C@@H](Cc3cc(F)cc(F)c3)[C@H](O)CNCc3cccc(CC)c3)c2C1. The molecular weight excluding hydrogens is 524 g/mol. The minimum Gasteiger partial charge on any atom is -0.492 e. The van der Waals surface area contributed by atoms with Crippen LogP contribution in [0.2, 0.25) is 0 Å². The van der Waals surface area contributed by atoms with Crippen molar-refractivity contribution in [3.05, 3.63) is 100 Å². The number of carbonyl (C=O) groups excluding carboxylic acids is 1. The van der Waals surface area contributed by atoms with Gasteiger partial charge in [0.05, 0.1) is 12.1 Å².